The molecule has 2 amide bonds. The Morgan fingerprint density at radius 3 is 2.56 bits per heavy atom. The van der Waals surface area contributed by atoms with Crippen molar-refractivity contribution in [3.8, 4) is 0 Å². The molecule has 5 heteroatoms. The van der Waals surface area contributed by atoms with Gasteiger partial charge in [-0.25, -0.2) is 4.79 Å². The Bertz CT molecular complexity index is 551. The van der Waals surface area contributed by atoms with Crippen molar-refractivity contribution in [3.05, 3.63) is 29.8 Å². The van der Waals surface area contributed by atoms with Gasteiger partial charge in [-0.2, -0.15) is 0 Å². The van der Waals surface area contributed by atoms with Crippen LogP contribution in [-0.4, -0.2) is 61.6 Å². The maximum atomic E-state index is 12.1. The zero-order valence-corrected chi connectivity index (χ0v) is 15.6. The molecule has 2 aliphatic heterocycles. The van der Waals surface area contributed by atoms with Crippen LogP contribution in [0.3, 0.4) is 0 Å². The van der Waals surface area contributed by atoms with Gasteiger partial charge in [0.15, 0.2) is 0 Å². The molecule has 2 heterocycles. The third-order valence-electron chi connectivity index (χ3n) is 5.62. The van der Waals surface area contributed by atoms with Crippen molar-refractivity contribution in [1.29, 1.82) is 0 Å². The summed E-state index contributed by atoms with van der Waals surface area (Å²) in [5.74, 6) is 0.567. The van der Waals surface area contributed by atoms with Crippen molar-refractivity contribution in [2.45, 2.75) is 38.6 Å². The smallest absolute Gasteiger partial charge is 0.319 e. The first-order valence-electron chi connectivity index (χ1n) is 9.64. The lowest BCUT2D eigenvalue weighted by Gasteiger charge is -2.41. The average Bonchev–Trinajstić information content (AvgIpc) is 2.63. The predicted molar refractivity (Wildman–Crippen MR) is 103 cm³/mol. The van der Waals surface area contributed by atoms with E-state index in [1.807, 2.05) is 31.2 Å². The quantitative estimate of drug-likeness (QED) is 0.883. The SMILES string of the molecule is Cc1ccc(NC(=O)NCC2CCCN(C3CCN(C)CC3)C2)cc1. The minimum Gasteiger partial charge on any atom is -0.338 e. The van der Waals surface area contributed by atoms with Gasteiger partial charge in [0.05, 0.1) is 0 Å². The highest BCUT2D eigenvalue weighted by Crippen LogP contribution is 2.23. The molecule has 2 N–H and O–H groups in total. The lowest BCUT2D eigenvalue weighted by molar-refractivity contribution is 0.0792. The molecule has 25 heavy (non-hydrogen) atoms. The normalized spacial score (nSPS) is 23.4. The van der Waals surface area contributed by atoms with E-state index in [-0.39, 0.29) is 6.03 Å². The number of carbonyl (C=O) groups excluding carboxylic acids is 1. The number of nitrogens with zero attached hydrogens (tertiary/aromatic N) is 2. The van der Waals surface area contributed by atoms with Gasteiger partial charge < -0.3 is 15.5 Å². The summed E-state index contributed by atoms with van der Waals surface area (Å²) in [7, 11) is 2.21. The van der Waals surface area contributed by atoms with Crippen LogP contribution in [0.4, 0.5) is 10.5 Å². The largest absolute Gasteiger partial charge is 0.338 e. The van der Waals surface area contributed by atoms with Crippen LogP contribution in [0.2, 0.25) is 0 Å². The number of amides is 2. The summed E-state index contributed by atoms with van der Waals surface area (Å²) < 4.78 is 0. The first kappa shape index (κ1) is 18.2. The number of hydrogen-bond acceptors (Lipinski definition) is 3. The molecule has 0 aliphatic carbocycles. The molecule has 5 nitrogen and oxygen atoms in total. The number of hydrogen-bond donors (Lipinski definition) is 2. The molecule has 0 saturated carbocycles. The first-order chi connectivity index (χ1) is 12.1. The fourth-order valence-electron chi connectivity index (χ4n) is 4.00. The molecule has 0 radical (unpaired) electrons. The molecule has 2 fully saturated rings. The Morgan fingerprint density at radius 1 is 1.12 bits per heavy atom. The molecule has 3 rings (SSSR count). The summed E-state index contributed by atoms with van der Waals surface area (Å²) in [5, 5.41) is 5.98. The Balaban J connectivity index is 1.41. The maximum Gasteiger partial charge on any atom is 0.319 e. The second-order valence-corrected chi connectivity index (χ2v) is 7.74. The molecular formula is C20H32N4O. The third kappa shape index (κ3) is 5.44. The lowest BCUT2D eigenvalue weighted by atomic mass is 9.94. The van der Waals surface area contributed by atoms with Crippen LogP contribution < -0.4 is 10.6 Å². The molecule has 1 atom stereocenters. The van der Waals surface area contributed by atoms with Crippen LogP contribution in [-0.2, 0) is 0 Å². The van der Waals surface area contributed by atoms with Crippen molar-refractivity contribution in [3.63, 3.8) is 0 Å². The number of carbonyl (C=O) groups is 1. The molecule has 0 aromatic heterocycles. The number of anilines is 1. The Morgan fingerprint density at radius 2 is 1.84 bits per heavy atom. The summed E-state index contributed by atoms with van der Waals surface area (Å²) >= 11 is 0. The molecule has 2 saturated heterocycles. The summed E-state index contributed by atoms with van der Waals surface area (Å²) in [6, 6.07) is 8.54. The third-order valence-corrected chi connectivity index (χ3v) is 5.62. The number of benzene rings is 1. The minimum absolute atomic E-state index is 0.0970. The van der Waals surface area contributed by atoms with E-state index in [0.717, 1.165) is 24.8 Å². The van der Waals surface area contributed by atoms with E-state index in [1.165, 1.54) is 50.9 Å². The van der Waals surface area contributed by atoms with Crippen molar-refractivity contribution >= 4 is 11.7 Å². The Hall–Kier alpha value is -1.59. The molecule has 1 unspecified atom stereocenters. The number of aryl methyl sites for hydroxylation is 1. The van der Waals surface area contributed by atoms with Gasteiger partial charge in [0, 0.05) is 24.8 Å². The summed E-state index contributed by atoms with van der Waals surface area (Å²) in [5.41, 5.74) is 2.04. The fraction of sp³-hybridized carbons (Fsp3) is 0.650. The van der Waals surface area contributed by atoms with Crippen LogP contribution in [0.15, 0.2) is 24.3 Å². The lowest BCUT2D eigenvalue weighted by Crippen LogP contribution is -2.49. The van der Waals surface area contributed by atoms with Gasteiger partial charge in [-0.15, -0.1) is 0 Å². The summed E-state index contributed by atoms with van der Waals surface area (Å²) in [6.45, 7) is 7.58. The van der Waals surface area contributed by atoms with Crippen LogP contribution in [0.1, 0.15) is 31.2 Å². The maximum absolute atomic E-state index is 12.1. The number of urea groups is 1. The van der Waals surface area contributed by atoms with Gasteiger partial charge in [0.1, 0.15) is 0 Å². The van der Waals surface area contributed by atoms with E-state index in [1.54, 1.807) is 0 Å². The second-order valence-electron chi connectivity index (χ2n) is 7.74. The van der Waals surface area contributed by atoms with Crippen molar-refractivity contribution < 1.29 is 4.79 Å². The molecule has 138 valence electrons. The number of likely N-dealkylation sites (tertiary alicyclic amines) is 2. The van der Waals surface area contributed by atoms with Gasteiger partial charge in [0.2, 0.25) is 0 Å². The zero-order valence-electron chi connectivity index (χ0n) is 15.6. The van der Waals surface area contributed by atoms with Crippen LogP contribution in [0, 0.1) is 12.8 Å². The molecule has 0 spiro atoms. The molecular weight excluding hydrogens is 312 g/mol. The van der Waals surface area contributed by atoms with E-state index in [4.69, 9.17) is 0 Å². The van der Waals surface area contributed by atoms with E-state index < -0.39 is 0 Å². The monoisotopic (exact) mass is 344 g/mol. The van der Waals surface area contributed by atoms with Gasteiger partial charge in [-0.1, -0.05) is 17.7 Å². The molecule has 0 bridgehead atoms. The molecule has 1 aromatic carbocycles. The predicted octanol–water partition coefficient (Wildman–Crippen LogP) is 2.92. The van der Waals surface area contributed by atoms with Crippen molar-refractivity contribution in [1.82, 2.24) is 15.1 Å². The topological polar surface area (TPSA) is 47.6 Å². The second kappa shape index (κ2) is 8.68. The molecule has 2 aliphatic rings. The standard InChI is InChI=1S/C20H32N4O/c1-16-5-7-18(8-6-16)22-20(25)21-14-17-4-3-11-24(15-17)19-9-12-23(2)13-10-19/h5-8,17,19H,3-4,9-15H2,1-2H3,(H2,21,22,25). The molecule has 1 aromatic rings. The number of piperidine rings is 2. The minimum atomic E-state index is -0.0970. The van der Waals surface area contributed by atoms with Crippen LogP contribution >= 0.6 is 0 Å². The highest BCUT2D eigenvalue weighted by Gasteiger charge is 2.28. The number of rotatable bonds is 4. The highest BCUT2D eigenvalue weighted by molar-refractivity contribution is 5.89. The van der Waals surface area contributed by atoms with E-state index in [9.17, 15) is 4.79 Å². The van der Waals surface area contributed by atoms with Gasteiger partial charge in [-0.3, -0.25) is 4.90 Å². The number of nitrogens with one attached hydrogen (secondary N) is 2. The average molecular weight is 345 g/mol. The Kier molecular flexibility index (Phi) is 6.32. The fourth-order valence-corrected chi connectivity index (χ4v) is 4.00. The van der Waals surface area contributed by atoms with Crippen molar-refractivity contribution in [2.24, 2.45) is 5.92 Å². The van der Waals surface area contributed by atoms with Crippen LogP contribution in [0.5, 0.6) is 0 Å². The highest BCUT2D eigenvalue weighted by atomic mass is 16.2. The van der Waals surface area contributed by atoms with E-state index >= 15 is 0 Å². The first-order valence-corrected chi connectivity index (χ1v) is 9.64. The van der Waals surface area contributed by atoms with Crippen molar-refractivity contribution in [2.75, 3.05) is 45.1 Å². The van der Waals surface area contributed by atoms with Gasteiger partial charge in [-0.05, 0) is 77.3 Å². The summed E-state index contributed by atoms with van der Waals surface area (Å²) in [6.07, 6.45) is 5.03. The van der Waals surface area contributed by atoms with Gasteiger partial charge >= 0.3 is 6.03 Å². The van der Waals surface area contributed by atoms with Gasteiger partial charge in [0.25, 0.3) is 0 Å². The zero-order chi connectivity index (χ0) is 17.6. The van der Waals surface area contributed by atoms with Crippen LogP contribution in [0.25, 0.3) is 0 Å². The van der Waals surface area contributed by atoms with E-state index in [2.05, 4.69) is 27.5 Å². The summed E-state index contributed by atoms with van der Waals surface area (Å²) in [4.78, 5) is 17.2. The van der Waals surface area contributed by atoms with E-state index in [0.29, 0.717) is 5.92 Å². The Labute approximate surface area is 151 Å².